The third kappa shape index (κ3) is 1.67. The molecule has 0 unspecified atom stereocenters. The number of ketones is 1. The molecule has 0 aliphatic carbocycles. The number of carbonyl (C=O) groups excluding carboxylic acids is 1. The van der Waals surface area contributed by atoms with Gasteiger partial charge in [-0.15, -0.1) is 0 Å². The number of ether oxygens (including phenoxy) is 1. The highest BCUT2D eigenvalue weighted by molar-refractivity contribution is 6.08. The van der Waals surface area contributed by atoms with Gasteiger partial charge in [0.05, 0.1) is 12.6 Å². The van der Waals surface area contributed by atoms with E-state index in [9.17, 15) is 4.79 Å². The minimum Gasteiger partial charge on any atom is -0.495 e. The van der Waals surface area contributed by atoms with Crippen molar-refractivity contribution >= 4 is 16.7 Å². The lowest BCUT2D eigenvalue weighted by Crippen LogP contribution is -2.08. The van der Waals surface area contributed by atoms with Gasteiger partial charge in [0.15, 0.2) is 5.78 Å². The molecule has 0 bridgehead atoms. The molecule has 16 heavy (non-hydrogen) atoms. The lowest BCUT2D eigenvalue weighted by atomic mass is 10.0. The zero-order valence-electron chi connectivity index (χ0n) is 9.12. The number of rotatable bonds is 4. The first-order chi connectivity index (χ1) is 7.77. The summed E-state index contributed by atoms with van der Waals surface area (Å²) in [6.45, 7) is 0.372. The Balaban J connectivity index is 2.55. The zero-order valence-corrected chi connectivity index (χ0v) is 9.12. The number of nitrogens with two attached hydrogens (primary N) is 1. The van der Waals surface area contributed by atoms with Crippen LogP contribution < -0.4 is 10.5 Å². The van der Waals surface area contributed by atoms with Crippen molar-refractivity contribution < 1.29 is 9.53 Å². The standard InChI is InChI=1S/C12H14N2O2/c1-16-11-3-2-8(10(15)4-6-13)9-5-7-14-12(9)11/h2-3,5,7,14H,4,6,13H2,1H3. The van der Waals surface area contributed by atoms with Crippen molar-refractivity contribution in [1.82, 2.24) is 4.98 Å². The highest BCUT2D eigenvalue weighted by Crippen LogP contribution is 2.27. The Morgan fingerprint density at radius 1 is 1.44 bits per heavy atom. The van der Waals surface area contributed by atoms with E-state index in [2.05, 4.69) is 4.98 Å². The Bertz CT molecular complexity index is 517. The van der Waals surface area contributed by atoms with Crippen LogP contribution in [0.1, 0.15) is 16.8 Å². The molecular formula is C12H14N2O2. The van der Waals surface area contributed by atoms with Gasteiger partial charge in [-0.1, -0.05) is 0 Å². The average molecular weight is 218 g/mol. The predicted molar refractivity (Wildman–Crippen MR) is 62.9 cm³/mol. The Hall–Kier alpha value is -1.81. The number of methoxy groups -OCH3 is 1. The number of aromatic amines is 1. The van der Waals surface area contributed by atoms with Crippen molar-refractivity contribution in [2.24, 2.45) is 5.73 Å². The summed E-state index contributed by atoms with van der Waals surface area (Å²) in [6, 6.07) is 5.46. The molecule has 2 aromatic rings. The normalized spacial score (nSPS) is 10.6. The molecule has 84 valence electrons. The molecule has 0 aliphatic heterocycles. The fourth-order valence-corrected chi connectivity index (χ4v) is 1.81. The first-order valence-electron chi connectivity index (χ1n) is 5.15. The molecule has 1 aromatic heterocycles. The average Bonchev–Trinajstić information content (AvgIpc) is 2.76. The molecule has 0 radical (unpaired) electrons. The van der Waals surface area contributed by atoms with Gasteiger partial charge in [0.1, 0.15) is 5.75 Å². The molecule has 1 heterocycles. The molecule has 0 atom stereocenters. The Labute approximate surface area is 93.4 Å². The van der Waals surface area contributed by atoms with Crippen LogP contribution in [-0.4, -0.2) is 24.4 Å². The van der Waals surface area contributed by atoms with Gasteiger partial charge in [0, 0.05) is 23.6 Å². The van der Waals surface area contributed by atoms with Crippen LogP contribution in [0.4, 0.5) is 0 Å². The largest absolute Gasteiger partial charge is 0.495 e. The van der Waals surface area contributed by atoms with E-state index in [-0.39, 0.29) is 5.78 Å². The summed E-state index contributed by atoms with van der Waals surface area (Å²) in [4.78, 5) is 14.9. The minimum absolute atomic E-state index is 0.0646. The van der Waals surface area contributed by atoms with Gasteiger partial charge >= 0.3 is 0 Å². The summed E-state index contributed by atoms with van der Waals surface area (Å²) >= 11 is 0. The highest BCUT2D eigenvalue weighted by Gasteiger charge is 2.12. The second-order valence-electron chi connectivity index (χ2n) is 3.54. The highest BCUT2D eigenvalue weighted by atomic mass is 16.5. The summed E-state index contributed by atoms with van der Waals surface area (Å²) < 4.78 is 5.21. The topological polar surface area (TPSA) is 68.1 Å². The van der Waals surface area contributed by atoms with Crippen molar-refractivity contribution in [3.63, 3.8) is 0 Å². The van der Waals surface area contributed by atoms with Crippen molar-refractivity contribution in [1.29, 1.82) is 0 Å². The van der Waals surface area contributed by atoms with E-state index in [1.54, 1.807) is 25.4 Å². The Morgan fingerprint density at radius 2 is 2.25 bits per heavy atom. The van der Waals surface area contributed by atoms with Crippen LogP contribution in [0.3, 0.4) is 0 Å². The lowest BCUT2D eigenvalue weighted by Gasteiger charge is -2.05. The van der Waals surface area contributed by atoms with Crippen molar-refractivity contribution in [3.8, 4) is 5.75 Å². The fraction of sp³-hybridized carbons (Fsp3) is 0.250. The molecule has 0 saturated carbocycles. The first-order valence-corrected chi connectivity index (χ1v) is 5.15. The van der Waals surface area contributed by atoms with Crippen LogP contribution in [0.25, 0.3) is 10.9 Å². The molecule has 4 nitrogen and oxygen atoms in total. The second-order valence-corrected chi connectivity index (χ2v) is 3.54. The number of benzene rings is 1. The second kappa shape index (κ2) is 4.37. The number of hydrogen-bond acceptors (Lipinski definition) is 3. The smallest absolute Gasteiger partial charge is 0.164 e. The molecule has 0 aliphatic rings. The van der Waals surface area contributed by atoms with E-state index >= 15 is 0 Å². The molecule has 0 fully saturated rings. The third-order valence-electron chi connectivity index (χ3n) is 2.58. The number of nitrogens with one attached hydrogen (secondary N) is 1. The molecular weight excluding hydrogens is 204 g/mol. The monoisotopic (exact) mass is 218 g/mol. The van der Waals surface area contributed by atoms with Crippen LogP contribution in [-0.2, 0) is 0 Å². The van der Waals surface area contributed by atoms with E-state index in [1.807, 2.05) is 6.07 Å². The summed E-state index contributed by atoms with van der Waals surface area (Å²) in [5.74, 6) is 0.805. The number of aromatic nitrogens is 1. The Morgan fingerprint density at radius 3 is 2.94 bits per heavy atom. The molecule has 4 heteroatoms. The fourth-order valence-electron chi connectivity index (χ4n) is 1.81. The van der Waals surface area contributed by atoms with Crippen LogP contribution in [0, 0.1) is 0 Å². The maximum Gasteiger partial charge on any atom is 0.164 e. The van der Waals surface area contributed by atoms with Gasteiger partial charge < -0.3 is 15.5 Å². The number of H-pyrrole nitrogens is 1. The Kier molecular flexibility index (Phi) is 2.92. The van der Waals surface area contributed by atoms with Gasteiger partial charge in [-0.25, -0.2) is 0 Å². The lowest BCUT2D eigenvalue weighted by molar-refractivity contribution is 0.0987. The van der Waals surface area contributed by atoms with Crippen molar-refractivity contribution in [2.45, 2.75) is 6.42 Å². The molecule has 3 N–H and O–H groups in total. The predicted octanol–water partition coefficient (Wildman–Crippen LogP) is 1.71. The zero-order chi connectivity index (χ0) is 11.5. The number of fused-ring (bicyclic) bond motifs is 1. The quantitative estimate of drug-likeness (QED) is 0.767. The van der Waals surface area contributed by atoms with Crippen LogP contribution in [0.2, 0.25) is 0 Å². The van der Waals surface area contributed by atoms with Crippen molar-refractivity contribution in [2.75, 3.05) is 13.7 Å². The van der Waals surface area contributed by atoms with Gasteiger partial charge in [-0.2, -0.15) is 0 Å². The van der Waals surface area contributed by atoms with Crippen molar-refractivity contribution in [3.05, 3.63) is 30.0 Å². The van der Waals surface area contributed by atoms with Gasteiger partial charge in [-0.05, 0) is 24.7 Å². The van der Waals surface area contributed by atoms with Crippen LogP contribution in [0.15, 0.2) is 24.4 Å². The van der Waals surface area contributed by atoms with Crippen LogP contribution >= 0.6 is 0 Å². The van der Waals surface area contributed by atoms with E-state index in [0.29, 0.717) is 18.5 Å². The maximum atomic E-state index is 11.8. The summed E-state index contributed by atoms with van der Waals surface area (Å²) in [6.07, 6.45) is 2.17. The number of Topliss-reactive ketones (excluding diaryl/α,β-unsaturated/α-hetero) is 1. The van der Waals surface area contributed by atoms with Gasteiger partial charge in [-0.3, -0.25) is 4.79 Å². The minimum atomic E-state index is 0.0646. The summed E-state index contributed by atoms with van der Waals surface area (Å²) in [5.41, 5.74) is 6.94. The summed E-state index contributed by atoms with van der Waals surface area (Å²) in [7, 11) is 1.61. The van der Waals surface area contributed by atoms with Crippen LogP contribution in [0.5, 0.6) is 5.75 Å². The first kappa shape index (κ1) is 10.7. The number of hydrogen-bond donors (Lipinski definition) is 2. The van der Waals surface area contributed by atoms with E-state index in [1.165, 1.54) is 0 Å². The molecule has 0 spiro atoms. The van der Waals surface area contributed by atoms with E-state index in [0.717, 1.165) is 16.7 Å². The number of carbonyl (C=O) groups is 1. The maximum absolute atomic E-state index is 11.8. The van der Waals surface area contributed by atoms with E-state index in [4.69, 9.17) is 10.5 Å². The molecule has 1 aromatic carbocycles. The van der Waals surface area contributed by atoms with Gasteiger partial charge in [0.25, 0.3) is 0 Å². The molecule has 0 saturated heterocycles. The molecule has 2 rings (SSSR count). The summed E-state index contributed by atoms with van der Waals surface area (Å²) in [5, 5.41) is 0.887. The third-order valence-corrected chi connectivity index (χ3v) is 2.58. The molecule has 0 amide bonds. The SMILES string of the molecule is COc1ccc(C(=O)CCN)c2cc[nH]c12. The van der Waals surface area contributed by atoms with E-state index < -0.39 is 0 Å². The van der Waals surface area contributed by atoms with Gasteiger partial charge in [0.2, 0.25) is 0 Å².